The number of H-pyrrole nitrogens is 1. The van der Waals surface area contributed by atoms with Gasteiger partial charge in [-0.05, 0) is 24.3 Å². The number of amides is 1. The van der Waals surface area contributed by atoms with Crippen LogP contribution in [0.25, 0.3) is 10.9 Å². The molecule has 4 rings (SSSR count). The van der Waals surface area contributed by atoms with Gasteiger partial charge in [0, 0.05) is 17.0 Å². The van der Waals surface area contributed by atoms with Gasteiger partial charge in [0.05, 0.1) is 5.52 Å². The first kappa shape index (κ1) is 11.8. The Morgan fingerprint density at radius 2 is 2.05 bits per heavy atom. The van der Waals surface area contributed by atoms with E-state index in [1.54, 1.807) is 12.1 Å². The minimum atomic E-state index is -0.453. The minimum absolute atomic E-state index is 0.453. The van der Waals surface area contributed by atoms with Crippen molar-refractivity contribution in [2.45, 2.75) is 0 Å². The van der Waals surface area contributed by atoms with Gasteiger partial charge in [0.15, 0.2) is 11.4 Å². The van der Waals surface area contributed by atoms with E-state index in [4.69, 9.17) is 5.73 Å². The molecule has 6 nitrogen and oxygen atoms in total. The number of hydrogen-bond donors (Lipinski definition) is 3. The molecule has 1 aliphatic heterocycles. The third-order valence-electron chi connectivity index (χ3n) is 3.56. The van der Waals surface area contributed by atoms with Crippen LogP contribution in [0, 0.1) is 0 Å². The number of benzene rings is 2. The summed E-state index contributed by atoms with van der Waals surface area (Å²) in [6, 6.07) is 13.2. The molecule has 0 fully saturated rings. The van der Waals surface area contributed by atoms with E-state index in [0.717, 1.165) is 33.8 Å². The van der Waals surface area contributed by atoms with Gasteiger partial charge < -0.3 is 5.73 Å². The number of quaternary nitrogens is 1. The fourth-order valence-electron chi connectivity index (χ4n) is 2.51. The number of rotatable bonds is 2. The molecule has 0 bridgehead atoms. The molecule has 1 aliphatic rings. The molecular weight excluding hydrogens is 266 g/mol. The third-order valence-corrected chi connectivity index (χ3v) is 3.56. The fraction of sp³-hybridized carbons (Fsp3) is 0. The van der Waals surface area contributed by atoms with Crippen LogP contribution in [0.2, 0.25) is 0 Å². The van der Waals surface area contributed by atoms with Gasteiger partial charge in [0.2, 0.25) is 5.91 Å². The van der Waals surface area contributed by atoms with Gasteiger partial charge in [-0.15, -0.1) is 0 Å². The maximum Gasteiger partial charge on any atom is 0.258 e. The van der Waals surface area contributed by atoms with Crippen LogP contribution < -0.4 is 11.1 Å². The first-order valence-corrected chi connectivity index (χ1v) is 6.53. The zero-order chi connectivity index (χ0) is 14.4. The van der Waals surface area contributed by atoms with Gasteiger partial charge in [0.25, 0.3) is 5.84 Å². The highest BCUT2D eigenvalue weighted by atomic mass is 16.1. The summed E-state index contributed by atoms with van der Waals surface area (Å²) in [5.41, 5.74) is 9.31. The van der Waals surface area contributed by atoms with Crippen molar-refractivity contribution in [2.75, 3.05) is 0 Å². The molecule has 0 saturated carbocycles. The smallest absolute Gasteiger partial charge is 0.258 e. The van der Waals surface area contributed by atoms with Crippen LogP contribution in [-0.4, -0.2) is 21.9 Å². The number of nitrogens with two attached hydrogens (primary N) is 2. The molecule has 2 heterocycles. The van der Waals surface area contributed by atoms with Crippen LogP contribution >= 0.6 is 0 Å². The van der Waals surface area contributed by atoms with Crippen molar-refractivity contribution in [2.24, 2.45) is 10.7 Å². The van der Waals surface area contributed by atoms with Crippen molar-refractivity contribution in [3.8, 4) is 0 Å². The monoisotopic (exact) mass is 278 g/mol. The van der Waals surface area contributed by atoms with Crippen LogP contribution in [0.15, 0.2) is 47.5 Å². The number of aromatic amines is 1. The molecule has 0 aliphatic carbocycles. The lowest BCUT2D eigenvalue weighted by Crippen LogP contribution is -2.80. The van der Waals surface area contributed by atoms with E-state index in [2.05, 4.69) is 15.2 Å². The number of primary amides is 1. The maximum atomic E-state index is 11.2. The Morgan fingerprint density at radius 1 is 1.19 bits per heavy atom. The standard InChI is InChI=1S/C15H11N5O/c16-14(21)8-5-6-9-12(7-8)19-20-13(9)15-17-10-3-1-2-4-11(10)18-15/h1-7H,(H2,16,21)(H,17,18)(H,19,20)/p+1. The lowest BCUT2D eigenvalue weighted by Gasteiger charge is -1.96. The predicted molar refractivity (Wildman–Crippen MR) is 78.8 cm³/mol. The summed E-state index contributed by atoms with van der Waals surface area (Å²) >= 11 is 0. The van der Waals surface area contributed by atoms with Gasteiger partial charge >= 0.3 is 0 Å². The van der Waals surface area contributed by atoms with Crippen LogP contribution in [0.1, 0.15) is 16.1 Å². The second-order valence-electron chi connectivity index (χ2n) is 4.90. The average molecular weight is 278 g/mol. The molecule has 5 N–H and O–H groups in total. The molecule has 102 valence electrons. The van der Waals surface area contributed by atoms with Crippen LogP contribution in [-0.2, 0) is 0 Å². The Hall–Kier alpha value is -2.99. The number of nitrogens with zero attached hydrogens (tertiary/aromatic N) is 2. The Morgan fingerprint density at radius 3 is 2.86 bits per heavy atom. The number of nitrogens with one attached hydrogen (secondary N) is 1. The third kappa shape index (κ3) is 1.81. The van der Waals surface area contributed by atoms with E-state index >= 15 is 0 Å². The molecule has 2 aromatic carbocycles. The maximum absolute atomic E-state index is 11.2. The second-order valence-corrected chi connectivity index (χ2v) is 4.90. The number of aromatic nitrogens is 2. The molecule has 3 aromatic rings. The molecule has 0 spiro atoms. The Labute approximate surface area is 119 Å². The van der Waals surface area contributed by atoms with Crippen molar-refractivity contribution >= 4 is 34.0 Å². The molecule has 21 heavy (non-hydrogen) atoms. The highest BCUT2D eigenvalue weighted by molar-refractivity contribution is 6.07. The van der Waals surface area contributed by atoms with Crippen LogP contribution in [0.4, 0.5) is 11.4 Å². The summed E-state index contributed by atoms with van der Waals surface area (Å²) in [5, 5.41) is 10.2. The lowest BCUT2D eigenvalue weighted by atomic mass is 10.1. The molecular formula is C15H12N5O+. The van der Waals surface area contributed by atoms with Gasteiger partial charge in [-0.1, -0.05) is 12.1 Å². The van der Waals surface area contributed by atoms with Gasteiger partial charge in [0.1, 0.15) is 5.69 Å². The van der Waals surface area contributed by atoms with Crippen molar-refractivity contribution in [3.05, 3.63) is 53.7 Å². The van der Waals surface area contributed by atoms with Gasteiger partial charge in [-0.3, -0.25) is 15.2 Å². The van der Waals surface area contributed by atoms with Crippen molar-refractivity contribution < 1.29 is 10.1 Å². The van der Waals surface area contributed by atoms with E-state index < -0.39 is 5.91 Å². The minimum Gasteiger partial charge on any atom is -0.366 e. The van der Waals surface area contributed by atoms with Crippen LogP contribution in [0.5, 0.6) is 0 Å². The largest absolute Gasteiger partial charge is 0.366 e. The van der Waals surface area contributed by atoms with Crippen LogP contribution in [0.3, 0.4) is 0 Å². The molecule has 0 unspecified atom stereocenters. The predicted octanol–water partition coefficient (Wildman–Crippen LogP) is 0.949. The van der Waals surface area contributed by atoms with E-state index in [0.29, 0.717) is 5.56 Å². The van der Waals surface area contributed by atoms with Crippen molar-refractivity contribution in [1.82, 2.24) is 10.2 Å². The molecule has 0 atom stereocenters. The van der Waals surface area contributed by atoms with E-state index in [9.17, 15) is 4.79 Å². The Balaban J connectivity index is 1.81. The van der Waals surface area contributed by atoms with E-state index in [1.807, 2.05) is 35.6 Å². The molecule has 1 aromatic heterocycles. The number of amidine groups is 1. The molecule has 0 saturated heterocycles. The fourth-order valence-corrected chi connectivity index (χ4v) is 2.51. The lowest BCUT2D eigenvalue weighted by molar-refractivity contribution is -0.437. The number of carbonyl (C=O) groups excluding carboxylic acids is 1. The van der Waals surface area contributed by atoms with Crippen molar-refractivity contribution in [3.63, 3.8) is 0 Å². The zero-order valence-corrected chi connectivity index (χ0v) is 11.0. The van der Waals surface area contributed by atoms with Crippen molar-refractivity contribution in [1.29, 1.82) is 0 Å². The van der Waals surface area contributed by atoms with E-state index in [1.165, 1.54) is 0 Å². The number of carbonyl (C=O) groups is 1. The Bertz CT molecular complexity index is 909. The topological polar surface area (TPSA) is 101 Å². The second kappa shape index (κ2) is 4.26. The number of para-hydroxylation sites is 2. The first-order chi connectivity index (χ1) is 10.2. The summed E-state index contributed by atoms with van der Waals surface area (Å²) in [7, 11) is 0. The molecule has 6 heteroatoms. The summed E-state index contributed by atoms with van der Waals surface area (Å²) in [6.07, 6.45) is 0. The summed E-state index contributed by atoms with van der Waals surface area (Å²) in [5.74, 6) is 0.361. The number of fused-ring (bicyclic) bond motifs is 2. The summed E-state index contributed by atoms with van der Waals surface area (Å²) in [4.78, 5) is 15.8. The zero-order valence-electron chi connectivity index (χ0n) is 11.0. The summed E-state index contributed by atoms with van der Waals surface area (Å²) < 4.78 is 0. The highest BCUT2D eigenvalue weighted by Gasteiger charge is 2.24. The van der Waals surface area contributed by atoms with Gasteiger partial charge in [-0.25, -0.2) is 0 Å². The SMILES string of the molecule is NC(=O)c1ccc2c(C3=Nc4ccccc4[NH2+]3)n[nH]c2c1. The first-order valence-electron chi connectivity index (χ1n) is 6.53. The van der Waals surface area contributed by atoms with E-state index in [-0.39, 0.29) is 0 Å². The molecule has 1 amide bonds. The quantitative estimate of drug-likeness (QED) is 0.608. The summed E-state index contributed by atoms with van der Waals surface area (Å²) in [6.45, 7) is 0. The normalized spacial score (nSPS) is 13.2. The molecule has 0 radical (unpaired) electrons. The highest BCUT2D eigenvalue weighted by Crippen LogP contribution is 2.26. The number of aliphatic imine (C=N–C) groups is 1. The Kier molecular flexibility index (Phi) is 2.39. The van der Waals surface area contributed by atoms with Gasteiger partial charge in [-0.2, -0.15) is 10.1 Å². The average Bonchev–Trinajstić information content (AvgIpc) is 3.09. The number of hydrogen-bond acceptors (Lipinski definition) is 3.